The Morgan fingerprint density at radius 1 is 1.88 bits per heavy atom. The van der Waals surface area contributed by atoms with Gasteiger partial charge >= 0.3 is 0 Å². The zero-order valence-electron chi connectivity index (χ0n) is 5.22. The first-order valence-corrected chi connectivity index (χ1v) is 2.93. The predicted molar refractivity (Wildman–Crippen MR) is 35.5 cm³/mol. The van der Waals surface area contributed by atoms with E-state index in [4.69, 9.17) is 0 Å². The third kappa shape index (κ3) is 0.915. The van der Waals surface area contributed by atoms with Crippen molar-refractivity contribution in [2.75, 3.05) is 13.1 Å². The highest BCUT2D eigenvalue weighted by molar-refractivity contribution is 5.21. The van der Waals surface area contributed by atoms with E-state index in [9.17, 15) is 0 Å². The fourth-order valence-electron chi connectivity index (χ4n) is 0.794. The van der Waals surface area contributed by atoms with Crippen molar-refractivity contribution in [1.82, 2.24) is 4.90 Å². The molecule has 0 unspecified atom stereocenters. The summed E-state index contributed by atoms with van der Waals surface area (Å²) in [5, 5.41) is 0. The fraction of sp³-hybridized carbons (Fsp3) is 0.429. The molecule has 0 radical (unpaired) electrons. The Morgan fingerprint density at radius 3 is 2.88 bits per heavy atom. The minimum absolute atomic E-state index is 1.02. The molecule has 0 saturated carbocycles. The maximum Gasteiger partial charge on any atom is 0.0418 e. The molecule has 1 nitrogen and oxygen atoms in total. The van der Waals surface area contributed by atoms with Crippen LogP contribution in [0.15, 0.2) is 24.4 Å². The molecule has 1 aliphatic heterocycles. The Kier molecular flexibility index (Phi) is 1.38. The molecule has 0 aliphatic carbocycles. The highest BCUT2D eigenvalue weighted by Crippen LogP contribution is 2.06. The van der Waals surface area contributed by atoms with Crippen LogP contribution in [0, 0.1) is 0 Å². The van der Waals surface area contributed by atoms with Gasteiger partial charge in [-0.05, 0) is 24.8 Å². The summed E-state index contributed by atoms with van der Waals surface area (Å²) in [5.74, 6) is 0. The molecule has 0 fully saturated rings. The molecule has 0 spiro atoms. The highest BCUT2D eigenvalue weighted by atomic mass is 15.1. The molecule has 0 saturated heterocycles. The van der Waals surface area contributed by atoms with Crippen molar-refractivity contribution in [1.29, 1.82) is 0 Å². The smallest absolute Gasteiger partial charge is 0.0418 e. The van der Waals surface area contributed by atoms with Crippen molar-refractivity contribution in [2.45, 2.75) is 6.92 Å². The zero-order chi connectivity index (χ0) is 5.98. The summed E-state index contributed by atoms with van der Waals surface area (Å²) in [4.78, 5) is 2.22. The number of nitrogens with zero attached hydrogens (tertiary/aromatic N) is 1. The van der Waals surface area contributed by atoms with Crippen molar-refractivity contribution < 1.29 is 0 Å². The third-order valence-corrected chi connectivity index (χ3v) is 1.33. The Hall–Kier alpha value is -0.720. The van der Waals surface area contributed by atoms with Gasteiger partial charge in [0.05, 0.1) is 0 Å². The molecular formula is C7H11N. The van der Waals surface area contributed by atoms with E-state index in [2.05, 4.69) is 30.7 Å². The van der Waals surface area contributed by atoms with Crippen LogP contribution in [0.3, 0.4) is 0 Å². The van der Waals surface area contributed by atoms with Gasteiger partial charge in [-0.25, -0.2) is 0 Å². The molecular weight excluding hydrogens is 98.1 g/mol. The van der Waals surface area contributed by atoms with Crippen molar-refractivity contribution in [2.24, 2.45) is 0 Å². The molecule has 0 atom stereocenters. The Labute approximate surface area is 50.3 Å². The topological polar surface area (TPSA) is 3.24 Å². The monoisotopic (exact) mass is 109 g/mol. The molecule has 1 rings (SSSR count). The molecule has 1 aliphatic rings. The number of rotatable bonds is 1. The lowest BCUT2D eigenvalue weighted by Gasteiger charge is -2.10. The van der Waals surface area contributed by atoms with E-state index in [-0.39, 0.29) is 0 Å². The molecule has 44 valence electrons. The van der Waals surface area contributed by atoms with Gasteiger partial charge in [-0.15, -0.1) is 0 Å². The van der Waals surface area contributed by atoms with Crippen LogP contribution in [-0.2, 0) is 0 Å². The van der Waals surface area contributed by atoms with Crippen LogP contribution in [0.5, 0.6) is 0 Å². The van der Waals surface area contributed by atoms with Gasteiger partial charge in [-0.3, -0.25) is 0 Å². The number of hydrogen-bond acceptors (Lipinski definition) is 1. The molecule has 0 aromatic rings. The maximum absolute atomic E-state index is 3.82. The average molecular weight is 109 g/mol. The second kappa shape index (κ2) is 2.03. The first-order valence-electron chi connectivity index (χ1n) is 2.93. The van der Waals surface area contributed by atoms with Gasteiger partial charge in [0.25, 0.3) is 0 Å². The molecule has 0 amide bonds. The van der Waals surface area contributed by atoms with Crippen molar-refractivity contribution in [3.05, 3.63) is 24.4 Å². The molecule has 0 N–H and O–H groups in total. The number of likely N-dealkylation sites (N-methyl/N-ethyl adjacent to an activating group) is 1. The summed E-state index contributed by atoms with van der Waals surface area (Å²) in [6.45, 7) is 8.08. The molecule has 0 bridgehead atoms. The van der Waals surface area contributed by atoms with Crippen LogP contribution < -0.4 is 0 Å². The minimum atomic E-state index is 1.02. The van der Waals surface area contributed by atoms with Gasteiger partial charge in [0.1, 0.15) is 0 Å². The van der Waals surface area contributed by atoms with Gasteiger partial charge in [0, 0.05) is 13.1 Å². The van der Waals surface area contributed by atoms with Gasteiger partial charge in [0.15, 0.2) is 0 Å². The van der Waals surface area contributed by atoms with Gasteiger partial charge < -0.3 is 4.90 Å². The zero-order valence-corrected chi connectivity index (χ0v) is 5.22. The summed E-state index contributed by atoms with van der Waals surface area (Å²) >= 11 is 0. The van der Waals surface area contributed by atoms with E-state index in [1.54, 1.807) is 0 Å². The van der Waals surface area contributed by atoms with Crippen molar-refractivity contribution in [3.63, 3.8) is 0 Å². The average Bonchev–Trinajstić information content (AvgIpc) is 2.14. The summed E-state index contributed by atoms with van der Waals surface area (Å²) in [6.07, 6.45) is 4.14. The second-order valence-electron chi connectivity index (χ2n) is 2.04. The summed E-state index contributed by atoms with van der Waals surface area (Å²) < 4.78 is 0. The molecule has 1 heteroatoms. The van der Waals surface area contributed by atoms with Gasteiger partial charge in [-0.1, -0.05) is 6.58 Å². The molecule has 1 heterocycles. The van der Waals surface area contributed by atoms with E-state index in [0.29, 0.717) is 0 Å². The lowest BCUT2D eigenvalue weighted by Crippen LogP contribution is -2.13. The number of hydrogen-bond donors (Lipinski definition) is 0. The van der Waals surface area contributed by atoms with Crippen LogP contribution >= 0.6 is 0 Å². The first-order chi connectivity index (χ1) is 3.83. The lowest BCUT2D eigenvalue weighted by atomic mass is 10.3. The molecule has 0 aromatic carbocycles. The normalized spacial score (nSPS) is 18.1. The van der Waals surface area contributed by atoms with E-state index < -0.39 is 0 Å². The van der Waals surface area contributed by atoms with E-state index in [1.807, 2.05) is 0 Å². The molecule has 0 aromatic heterocycles. The van der Waals surface area contributed by atoms with Gasteiger partial charge in [-0.2, -0.15) is 0 Å². The quantitative estimate of drug-likeness (QED) is 0.492. The second-order valence-corrected chi connectivity index (χ2v) is 2.04. The summed E-state index contributed by atoms with van der Waals surface area (Å²) in [7, 11) is 0. The van der Waals surface area contributed by atoms with Crippen LogP contribution in [0.1, 0.15) is 6.92 Å². The largest absolute Gasteiger partial charge is 0.373 e. The standard InChI is InChI=1S/C7H11N/c1-3-8-5-4-7(2)6-8/h4-5H,2-3,6H2,1H3. The van der Waals surface area contributed by atoms with Crippen molar-refractivity contribution in [3.8, 4) is 0 Å². The Morgan fingerprint density at radius 2 is 2.62 bits per heavy atom. The fourth-order valence-corrected chi connectivity index (χ4v) is 0.794. The van der Waals surface area contributed by atoms with E-state index in [1.165, 1.54) is 5.57 Å². The lowest BCUT2D eigenvalue weighted by molar-refractivity contribution is 0.451. The van der Waals surface area contributed by atoms with E-state index in [0.717, 1.165) is 13.1 Å². The Bertz CT molecular complexity index is 124. The van der Waals surface area contributed by atoms with Crippen LogP contribution in [0.25, 0.3) is 0 Å². The Balaban J connectivity index is 2.46. The molecule has 8 heavy (non-hydrogen) atoms. The summed E-state index contributed by atoms with van der Waals surface area (Å²) in [6, 6.07) is 0. The van der Waals surface area contributed by atoms with Crippen LogP contribution in [-0.4, -0.2) is 18.0 Å². The van der Waals surface area contributed by atoms with Crippen LogP contribution in [0.4, 0.5) is 0 Å². The minimum Gasteiger partial charge on any atom is -0.373 e. The first kappa shape index (κ1) is 5.42. The van der Waals surface area contributed by atoms with Gasteiger partial charge in [0.2, 0.25) is 0 Å². The SMILES string of the molecule is C=C1C=CN(CC)C1. The van der Waals surface area contributed by atoms with E-state index >= 15 is 0 Å². The van der Waals surface area contributed by atoms with Crippen LogP contribution in [0.2, 0.25) is 0 Å². The maximum atomic E-state index is 3.82. The third-order valence-electron chi connectivity index (χ3n) is 1.33. The highest BCUT2D eigenvalue weighted by Gasteiger charge is 2.02. The predicted octanol–water partition coefficient (Wildman–Crippen LogP) is 1.39. The summed E-state index contributed by atoms with van der Waals surface area (Å²) in [5.41, 5.74) is 1.21. The van der Waals surface area contributed by atoms with Crippen molar-refractivity contribution >= 4 is 0 Å².